The Morgan fingerprint density at radius 1 is 1.50 bits per heavy atom. The molecule has 0 atom stereocenters. The van der Waals surface area contributed by atoms with Gasteiger partial charge in [0.1, 0.15) is 10.5 Å². The standard InChI is InChI=1S/C11H20N2O4S/c1-11(2,18(4,14)15)10-9(13-8-17-10)7-12-5-6-16-3/h8,12H,5-7H2,1-4H3. The Morgan fingerprint density at radius 3 is 2.72 bits per heavy atom. The smallest absolute Gasteiger partial charge is 0.181 e. The number of methoxy groups -OCH3 is 1. The molecule has 1 aromatic heterocycles. The van der Waals surface area contributed by atoms with Crippen molar-refractivity contribution >= 4 is 9.84 Å². The lowest BCUT2D eigenvalue weighted by Crippen LogP contribution is -2.30. The monoisotopic (exact) mass is 276 g/mol. The van der Waals surface area contributed by atoms with Crippen LogP contribution in [0.15, 0.2) is 10.8 Å². The van der Waals surface area contributed by atoms with E-state index in [9.17, 15) is 8.42 Å². The molecule has 7 heteroatoms. The highest BCUT2D eigenvalue weighted by Gasteiger charge is 2.37. The number of ether oxygens (including phenoxy) is 1. The SMILES string of the molecule is COCCNCc1ncoc1C(C)(C)S(C)(=O)=O. The van der Waals surface area contributed by atoms with Gasteiger partial charge >= 0.3 is 0 Å². The Bertz CT molecular complexity index is 479. The Hall–Kier alpha value is -0.920. The summed E-state index contributed by atoms with van der Waals surface area (Å²) in [5, 5.41) is 3.11. The number of sulfone groups is 1. The van der Waals surface area contributed by atoms with Crippen LogP contribution < -0.4 is 5.32 Å². The third kappa shape index (κ3) is 3.30. The third-order valence-electron chi connectivity index (χ3n) is 2.89. The Morgan fingerprint density at radius 2 is 2.17 bits per heavy atom. The van der Waals surface area contributed by atoms with Crippen LogP contribution >= 0.6 is 0 Å². The number of oxazole rings is 1. The topological polar surface area (TPSA) is 81.4 Å². The second-order valence-electron chi connectivity index (χ2n) is 4.58. The van der Waals surface area contributed by atoms with Crippen molar-refractivity contribution in [2.75, 3.05) is 26.5 Å². The van der Waals surface area contributed by atoms with Crippen molar-refractivity contribution in [2.24, 2.45) is 0 Å². The maximum atomic E-state index is 11.8. The van der Waals surface area contributed by atoms with Gasteiger partial charge in [0, 0.05) is 26.5 Å². The van der Waals surface area contributed by atoms with E-state index in [0.29, 0.717) is 31.2 Å². The van der Waals surface area contributed by atoms with Gasteiger partial charge < -0.3 is 14.5 Å². The quantitative estimate of drug-likeness (QED) is 0.738. The predicted octanol–water partition coefficient (Wildman–Crippen LogP) is 0.690. The summed E-state index contributed by atoms with van der Waals surface area (Å²) in [7, 11) is -1.65. The summed E-state index contributed by atoms with van der Waals surface area (Å²) in [4.78, 5) is 4.06. The fourth-order valence-corrected chi connectivity index (χ4v) is 1.94. The molecule has 0 aliphatic heterocycles. The van der Waals surface area contributed by atoms with Crippen LogP contribution in [0.4, 0.5) is 0 Å². The fraction of sp³-hybridized carbons (Fsp3) is 0.727. The van der Waals surface area contributed by atoms with Gasteiger partial charge in [-0.2, -0.15) is 0 Å². The number of hydrogen-bond donors (Lipinski definition) is 1. The molecule has 1 rings (SSSR count). The highest BCUT2D eigenvalue weighted by atomic mass is 32.2. The first-order valence-corrected chi connectivity index (χ1v) is 7.52. The second-order valence-corrected chi connectivity index (χ2v) is 7.15. The van der Waals surface area contributed by atoms with Crippen molar-refractivity contribution in [2.45, 2.75) is 25.1 Å². The molecule has 1 heterocycles. The maximum absolute atomic E-state index is 11.8. The Kier molecular flexibility index (Phi) is 4.89. The minimum atomic E-state index is -3.27. The molecule has 0 radical (unpaired) electrons. The number of nitrogens with zero attached hydrogens (tertiary/aromatic N) is 1. The minimum absolute atomic E-state index is 0.384. The second kappa shape index (κ2) is 5.81. The van der Waals surface area contributed by atoms with Crippen molar-refractivity contribution in [1.82, 2.24) is 10.3 Å². The third-order valence-corrected chi connectivity index (χ3v) is 4.93. The van der Waals surface area contributed by atoms with E-state index in [1.165, 1.54) is 12.6 Å². The number of aromatic nitrogens is 1. The van der Waals surface area contributed by atoms with Gasteiger partial charge in [-0.15, -0.1) is 0 Å². The first kappa shape index (κ1) is 15.1. The van der Waals surface area contributed by atoms with Gasteiger partial charge in [-0.1, -0.05) is 0 Å². The molecular weight excluding hydrogens is 256 g/mol. The van der Waals surface area contributed by atoms with Crippen LogP contribution in [0.5, 0.6) is 0 Å². The molecule has 0 unspecified atom stereocenters. The minimum Gasteiger partial charge on any atom is -0.446 e. The molecule has 0 amide bonds. The molecule has 0 bridgehead atoms. The first-order chi connectivity index (χ1) is 8.30. The summed E-state index contributed by atoms with van der Waals surface area (Å²) in [6.07, 6.45) is 2.47. The van der Waals surface area contributed by atoms with E-state index in [4.69, 9.17) is 9.15 Å². The first-order valence-electron chi connectivity index (χ1n) is 5.62. The molecule has 0 saturated carbocycles. The van der Waals surface area contributed by atoms with Crippen molar-refractivity contribution in [3.63, 3.8) is 0 Å². The molecule has 104 valence electrons. The fourth-order valence-electron chi connectivity index (χ4n) is 1.43. The molecule has 18 heavy (non-hydrogen) atoms. The van der Waals surface area contributed by atoms with E-state index < -0.39 is 14.6 Å². The van der Waals surface area contributed by atoms with Gasteiger partial charge in [-0.05, 0) is 13.8 Å². The summed E-state index contributed by atoms with van der Waals surface area (Å²) in [5.74, 6) is 0.384. The van der Waals surface area contributed by atoms with Crippen LogP contribution in [0.3, 0.4) is 0 Å². The number of nitrogens with one attached hydrogen (secondary N) is 1. The molecule has 1 N–H and O–H groups in total. The van der Waals surface area contributed by atoms with Crippen LogP contribution in [0.25, 0.3) is 0 Å². The molecule has 0 saturated heterocycles. The van der Waals surface area contributed by atoms with Crippen LogP contribution in [-0.2, 0) is 25.9 Å². The lowest BCUT2D eigenvalue weighted by molar-refractivity contribution is 0.199. The molecular formula is C11H20N2O4S. The molecule has 0 aromatic carbocycles. The average Bonchev–Trinajstić information content (AvgIpc) is 2.71. The van der Waals surface area contributed by atoms with Gasteiger partial charge in [0.05, 0.1) is 12.3 Å². The highest BCUT2D eigenvalue weighted by Crippen LogP contribution is 2.31. The van der Waals surface area contributed by atoms with E-state index in [0.717, 1.165) is 0 Å². The Balaban J connectivity index is 2.83. The van der Waals surface area contributed by atoms with Gasteiger partial charge in [0.15, 0.2) is 16.2 Å². The molecule has 6 nitrogen and oxygen atoms in total. The summed E-state index contributed by atoms with van der Waals surface area (Å²) < 4.78 is 32.6. The van der Waals surface area contributed by atoms with Gasteiger partial charge in [0.2, 0.25) is 0 Å². The number of rotatable bonds is 7. The molecule has 0 fully saturated rings. The van der Waals surface area contributed by atoms with Crippen LogP contribution in [0.1, 0.15) is 25.3 Å². The van der Waals surface area contributed by atoms with E-state index in [-0.39, 0.29) is 0 Å². The van der Waals surface area contributed by atoms with Gasteiger partial charge in [-0.3, -0.25) is 0 Å². The van der Waals surface area contributed by atoms with Crippen LogP contribution in [-0.4, -0.2) is 39.9 Å². The summed E-state index contributed by atoms with van der Waals surface area (Å²) in [5.41, 5.74) is 0.613. The van der Waals surface area contributed by atoms with E-state index >= 15 is 0 Å². The lowest BCUT2D eigenvalue weighted by Gasteiger charge is -2.20. The normalized spacial score (nSPS) is 12.9. The van der Waals surface area contributed by atoms with Gasteiger partial charge in [0.25, 0.3) is 0 Å². The predicted molar refractivity (Wildman–Crippen MR) is 68.0 cm³/mol. The maximum Gasteiger partial charge on any atom is 0.181 e. The molecule has 0 spiro atoms. The van der Waals surface area contributed by atoms with Crippen molar-refractivity contribution in [3.8, 4) is 0 Å². The molecule has 0 aliphatic rings. The van der Waals surface area contributed by atoms with Crippen molar-refractivity contribution in [3.05, 3.63) is 17.8 Å². The summed E-state index contributed by atoms with van der Waals surface area (Å²) in [6.45, 7) is 4.93. The van der Waals surface area contributed by atoms with E-state index in [1.54, 1.807) is 21.0 Å². The van der Waals surface area contributed by atoms with E-state index in [1.807, 2.05) is 0 Å². The zero-order valence-corrected chi connectivity index (χ0v) is 12.0. The summed E-state index contributed by atoms with van der Waals surface area (Å²) >= 11 is 0. The van der Waals surface area contributed by atoms with Crippen LogP contribution in [0, 0.1) is 0 Å². The lowest BCUT2D eigenvalue weighted by atomic mass is 10.1. The largest absolute Gasteiger partial charge is 0.446 e. The Labute approximate surface area is 108 Å². The zero-order chi connectivity index (χ0) is 13.8. The number of hydrogen-bond acceptors (Lipinski definition) is 6. The average molecular weight is 276 g/mol. The highest BCUT2D eigenvalue weighted by molar-refractivity contribution is 7.91. The molecule has 0 aliphatic carbocycles. The van der Waals surface area contributed by atoms with Crippen LogP contribution in [0.2, 0.25) is 0 Å². The summed E-state index contributed by atoms with van der Waals surface area (Å²) in [6, 6.07) is 0. The zero-order valence-electron chi connectivity index (χ0n) is 11.2. The van der Waals surface area contributed by atoms with Crippen molar-refractivity contribution < 1.29 is 17.6 Å². The van der Waals surface area contributed by atoms with Crippen molar-refractivity contribution in [1.29, 1.82) is 0 Å². The molecule has 1 aromatic rings. The van der Waals surface area contributed by atoms with E-state index in [2.05, 4.69) is 10.3 Å². The van der Waals surface area contributed by atoms with Gasteiger partial charge in [-0.25, -0.2) is 13.4 Å².